The highest BCUT2D eigenvalue weighted by Gasteiger charge is 2.30. The van der Waals surface area contributed by atoms with Crippen LogP contribution in [0.1, 0.15) is 48.3 Å². The number of carbonyl (C=O) groups excluding carboxylic acids is 1. The number of aromatic nitrogens is 3. The van der Waals surface area contributed by atoms with E-state index in [0.29, 0.717) is 30.3 Å². The number of anilines is 1. The topological polar surface area (TPSA) is 73.9 Å². The minimum Gasteiger partial charge on any atom is -0.324 e. The van der Waals surface area contributed by atoms with E-state index in [1.165, 1.54) is 6.07 Å². The van der Waals surface area contributed by atoms with Crippen LogP contribution in [-0.2, 0) is 0 Å². The largest absolute Gasteiger partial charge is 0.324 e. The number of aryl methyl sites for hydroxylation is 1. The minimum absolute atomic E-state index is 0.155. The van der Waals surface area contributed by atoms with E-state index < -0.39 is 0 Å². The second kappa shape index (κ2) is 5.89. The normalized spacial score (nSPS) is 20.4. The molecule has 4 rings (SSSR count). The first kappa shape index (κ1) is 15.1. The Morgan fingerprint density at radius 2 is 2.17 bits per heavy atom. The van der Waals surface area contributed by atoms with Crippen LogP contribution in [0.5, 0.6) is 0 Å². The van der Waals surface area contributed by atoms with Gasteiger partial charge in [-0.15, -0.1) is 0 Å². The van der Waals surface area contributed by atoms with Crippen molar-refractivity contribution in [1.29, 1.82) is 0 Å². The third-order valence-electron chi connectivity index (χ3n) is 4.72. The molecule has 0 radical (unpaired) electrons. The number of urea groups is 1. The lowest BCUT2D eigenvalue weighted by atomic mass is 10.1. The Morgan fingerprint density at radius 3 is 2.88 bits per heavy atom. The third-order valence-corrected chi connectivity index (χ3v) is 4.72. The van der Waals surface area contributed by atoms with Crippen LogP contribution < -0.4 is 5.32 Å². The number of amides is 2. The lowest BCUT2D eigenvalue weighted by molar-refractivity contribution is 0.222. The number of benzene rings is 1. The van der Waals surface area contributed by atoms with Gasteiger partial charge in [0.25, 0.3) is 0 Å². The summed E-state index contributed by atoms with van der Waals surface area (Å²) in [7, 11) is 0. The Bertz CT molecular complexity index is 770. The summed E-state index contributed by atoms with van der Waals surface area (Å²) in [6.45, 7) is 3.13. The standard InChI is InChI=1S/C17H20FN5O/c1-10-19-16(22-21-10)12-6-7-23(9-12)17(24)20-13-4-5-15(18)14(8-13)11-2-3-11/h4-5,8,11-12H,2-3,6-7,9H2,1H3,(H,20,24)(H,19,21,22)/t12-/m0/s1. The Kier molecular flexibility index (Phi) is 3.70. The first-order valence-corrected chi connectivity index (χ1v) is 8.34. The molecule has 24 heavy (non-hydrogen) atoms. The molecule has 6 nitrogen and oxygen atoms in total. The fraction of sp³-hybridized carbons (Fsp3) is 0.471. The summed E-state index contributed by atoms with van der Waals surface area (Å²) in [6, 6.07) is 4.66. The lowest BCUT2D eigenvalue weighted by Crippen LogP contribution is -2.32. The van der Waals surface area contributed by atoms with Crippen molar-refractivity contribution in [3.8, 4) is 0 Å². The molecule has 2 fully saturated rings. The van der Waals surface area contributed by atoms with E-state index in [4.69, 9.17) is 0 Å². The molecular weight excluding hydrogens is 309 g/mol. The molecule has 0 spiro atoms. The molecule has 2 aliphatic rings. The fourth-order valence-electron chi connectivity index (χ4n) is 3.23. The van der Waals surface area contributed by atoms with Gasteiger partial charge in [0.15, 0.2) is 5.82 Å². The van der Waals surface area contributed by atoms with Gasteiger partial charge in [-0.1, -0.05) is 0 Å². The number of H-pyrrole nitrogens is 1. The average molecular weight is 329 g/mol. The van der Waals surface area contributed by atoms with Gasteiger partial charge >= 0.3 is 6.03 Å². The van der Waals surface area contributed by atoms with Crippen LogP contribution in [-0.4, -0.2) is 39.2 Å². The van der Waals surface area contributed by atoms with Gasteiger partial charge in [0.05, 0.1) is 0 Å². The van der Waals surface area contributed by atoms with E-state index in [1.54, 1.807) is 17.0 Å². The average Bonchev–Trinajstić information content (AvgIpc) is 3.11. The summed E-state index contributed by atoms with van der Waals surface area (Å²) < 4.78 is 13.8. The predicted octanol–water partition coefficient (Wildman–Crippen LogP) is 3.15. The SMILES string of the molecule is Cc1nc([C@H]2CCN(C(=O)Nc3ccc(F)c(C4CC4)c3)C2)n[nH]1. The van der Waals surface area contributed by atoms with Crippen LogP contribution in [0.25, 0.3) is 0 Å². The van der Waals surface area contributed by atoms with E-state index in [0.717, 1.165) is 30.9 Å². The monoisotopic (exact) mass is 329 g/mol. The van der Waals surface area contributed by atoms with Gasteiger partial charge in [-0.3, -0.25) is 5.10 Å². The first-order valence-electron chi connectivity index (χ1n) is 8.34. The van der Waals surface area contributed by atoms with E-state index in [9.17, 15) is 9.18 Å². The van der Waals surface area contributed by atoms with Gasteiger partial charge in [-0.2, -0.15) is 5.10 Å². The molecule has 0 bridgehead atoms. The van der Waals surface area contributed by atoms with E-state index in [1.807, 2.05) is 6.92 Å². The molecule has 1 aliphatic heterocycles. The van der Waals surface area contributed by atoms with E-state index >= 15 is 0 Å². The molecule has 7 heteroatoms. The summed E-state index contributed by atoms with van der Waals surface area (Å²) in [5.74, 6) is 1.84. The van der Waals surface area contributed by atoms with Crippen molar-refractivity contribution in [3.05, 3.63) is 41.2 Å². The molecule has 1 aromatic carbocycles. The van der Waals surface area contributed by atoms with Gasteiger partial charge in [-0.05, 0) is 55.9 Å². The summed E-state index contributed by atoms with van der Waals surface area (Å²) in [6.07, 6.45) is 2.90. The van der Waals surface area contributed by atoms with Gasteiger partial charge in [-0.25, -0.2) is 14.2 Å². The first-order chi connectivity index (χ1) is 11.6. The van der Waals surface area contributed by atoms with Crippen LogP contribution in [0.15, 0.2) is 18.2 Å². The lowest BCUT2D eigenvalue weighted by Gasteiger charge is -2.17. The molecule has 126 valence electrons. The molecule has 0 unspecified atom stereocenters. The number of nitrogens with zero attached hydrogens (tertiary/aromatic N) is 3. The van der Waals surface area contributed by atoms with Crippen molar-refractivity contribution in [2.45, 2.75) is 38.0 Å². The van der Waals surface area contributed by atoms with Crippen LogP contribution >= 0.6 is 0 Å². The van der Waals surface area contributed by atoms with Crippen molar-refractivity contribution in [2.75, 3.05) is 18.4 Å². The van der Waals surface area contributed by atoms with Gasteiger partial charge in [0, 0.05) is 24.7 Å². The molecule has 1 atom stereocenters. The summed E-state index contributed by atoms with van der Waals surface area (Å²) in [5.41, 5.74) is 1.36. The second-order valence-corrected chi connectivity index (χ2v) is 6.65. The zero-order valence-electron chi connectivity index (χ0n) is 13.6. The highest BCUT2D eigenvalue weighted by Crippen LogP contribution is 2.42. The summed E-state index contributed by atoms with van der Waals surface area (Å²) in [4.78, 5) is 18.6. The number of hydrogen-bond donors (Lipinski definition) is 2. The summed E-state index contributed by atoms with van der Waals surface area (Å²) >= 11 is 0. The number of halogens is 1. The quantitative estimate of drug-likeness (QED) is 0.908. The number of hydrogen-bond acceptors (Lipinski definition) is 3. The van der Waals surface area contributed by atoms with Crippen molar-refractivity contribution in [1.82, 2.24) is 20.1 Å². The number of nitrogens with one attached hydrogen (secondary N) is 2. The Labute approximate surface area is 139 Å². The van der Waals surface area contributed by atoms with Crippen LogP contribution in [0, 0.1) is 12.7 Å². The van der Waals surface area contributed by atoms with Crippen LogP contribution in [0.3, 0.4) is 0 Å². The Hall–Kier alpha value is -2.44. The predicted molar refractivity (Wildman–Crippen MR) is 87.4 cm³/mol. The molecule has 2 aromatic rings. The van der Waals surface area contributed by atoms with E-state index in [2.05, 4.69) is 20.5 Å². The zero-order chi connectivity index (χ0) is 16.7. The maximum Gasteiger partial charge on any atom is 0.321 e. The van der Waals surface area contributed by atoms with Gasteiger partial charge in [0.1, 0.15) is 11.6 Å². The molecule has 1 aromatic heterocycles. The number of rotatable bonds is 3. The smallest absolute Gasteiger partial charge is 0.321 e. The molecule has 2 N–H and O–H groups in total. The number of carbonyl (C=O) groups is 1. The number of aromatic amines is 1. The number of likely N-dealkylation sites (tertiary alicyclic amines) is 1. The highest BCUT2D eigenvalue weighted by atomic mass is 19.1. The molecule has 2 amide bonds. The Balaban J connectivity index is 1.41. The third kappa shape index (κ3) is 2.98. The van der Waals surface area contributed by atoms with Crippen LogP contribution in [0.2, 0.25) is 0 Å². The molecule has 1 aliphatic carbocycles. The minimum atomic E-state index is -0.184. The van der Waals surface area contributed by atoms with E-state index in [-0.39, 0.29) is 17.8 Å². The Morgan fingerprint density at radius 1 is 1.33 bits per heavy atom. The summed E-state index contributed by atoms with van der Waals surface area (Å²) in [5, 5.41) is 9.91. The maximum absolute atomic E-state index is 13.8. The van der Waals surface area contributed by atoms with Crippen LogP contribution in [0.4, 0.5) is 14.9 Å². The van der Waals surface area contributed by atoms with Crippen molar-refractivity contribution < 1.29 is 9.18 Å². The zero-order valence-corrected chi connectivity index (χ0v) is 13.6. The molecule has 2 heterocycles. The van der Waals surface area contributed by atoms with Crippen molar-refractivity contribution in [2.24, 2.45) is 0 Å². The van der Waals surface area contributed by atoms with Crippen molar-refractivity contribution in [3.63, 3.8) is 0 Å². The maximum atomic E-state index is 13.8. The molecule has 1 saturated carbocycles. The highest BCUT2D eigenvalue weighted by molar-refractivity contribution is 5.89. The fourth-order valence-corrected chi connectivity index (χ4v) is 3.23. The van der Waals surface area contributed by atoms with Crippen molar-refractivity contribution >= 4 is 11.7 Å². The second-order valence-electron chi connectivity index (χ2n) is 6.65. The molecule has 1 saturated heterocycles. The van der Waals surface area contributed by atoms with Gasteiger partial charge in [0.2, 0.25) is 0 Å². The molecular formula is C17H20FN5O. The van der Waals surface area contributed by atoms with Gasteiger partial charge < -0.3 is 10.2 Å².